The molecule has 3 rings (SSSR count). The van der Waals surface area contributed by atoms with Crippen molar-refractivity contribution in [3.8, 4) is 0 Å². The number of hydrogen-bond donors (Lipinski definition) is 2. The Labute approximate surface area is 159 Å². The van der Waals surface area contributed by atoms with Crippen LogP contribution in [0.3, 0.4) is 0 Å². The van der Waals surface area contributed by atoms with E-state index in [4.69, 9.17) is 11.6 Å². The average Bonchev–Trinajstić information content (AvgIpc) is 3.00. The highest BCUT2D eigenvalue weighted by molar-refractivity contribution is 6.30. The summed E-state index contributed by atoms with van der Waals surface area (Å²) in [6.07, 6.45) is 2.14. The van der Waals surface area contributed by atoms with E-state index in [1.807, 2.05) is 6.07 Å². The number of rotatable bonds is 4. The first-order valence-corrected chi connectivity index (χ1v) is 9.40. The van der Waals surface area contributed by atoms with E-state index in [9.17, 15) is 9.59 Å². The Morgan fingerprint density at radius 3 is 2.35 bits per heavy atom. The van der Waals surface area contributed by atoms with Crippen molar-refractivity contribution in [3.05, 3.63) is 68.6 Å². The summed E-state index contributed by atoms with van der Waals surface area (Å²) < 4.78 is 0. The molecule has 0 bridgehead atoms. The number of amides is 1. The summed E-state index contributed by atoms with van der Waals surface area (Å²) in [5, 5.41) is 3.21. The number of hydrogen-bond acceptors (Lipinski definition) is 2. The molecule has 138 valence electrons. The molecule has 2 aromatic rings. The third-order valence-corrected chi connectivity index (χ3v) is 5.34. The van der Waals surface area contributed by atoms with Gasteiger partial charge in [-0.1, -0.05) is 56.6 Å². The second-order valence-electron chi connectivity index (χ2n) is 8.05. The van der Waals surface area contributed by atoms with Crippen LogP contribution in [0.25, 0.3) is 0 Å². The van der Waals surface area contributed by atoms with E-state index >= 15 is 0 Å². The molecular formula is C21H25ClN2O2. The number of carbonyl (C=O) groups is 1. The monoisotopic (exact) mass is 372 g/mol. The molecule has 1 aliphatic rings. The largest absolute Gasteiger partial charge is 0.353 e. The van der Waals surface area contributed by atoms with Gasteiger partial charge in [0.1, 0.15) is 5.02 Å². The summed E-state index contributed by atoms with van der Waals surface area (Å²) in [6, 6.07) is 12.1. The van der Waals surface area contributed by atoms with Crippen molar-refractivity contribution in [1.29, 1.82) is 0 Å². The number of H-pyrrole nitrogens is 1. The molecule has 0 saturated carbocycles. The zero-order valence-electron chi connectivity index (χ0n) is 15.4. The summed E-state index contributed by atoms with van der Waals surface area (Å²) in [4.78, 5) is 26.5. The quantitative estimate of drug-likeness (QED) is 0.847. The minimum Gasteiger partial charge on any atom is -0.353 e. The molecular weight excluding hydrogens is 348 g/mol. The van der Waals surface area contributed by atoms with Crippen LogP contribution in [0.1, 0.15) is 62.8 Å². The lowest BCUT2D eigenvalue weighted by atomic mass is 9.83. The topological polar surface area (TPSA) is 62.0 Å². The second kappa shape index (κ2) is 7.28. The van der Waals surface area contributed by atoms with E-state index in [1.54, 1.807) is 6.07 Å². The van der Waals surface area contributed by atoms with Gasteiger partial charge in [0.25, 0.3) is 5.56 Å². The molecule has 0 aliphatic carbocycles. The highest BCUT2D eigenvalue weighted by atomic mass is 35.5. The minimum atomic E-state index is -0.282. The highest BCUT2D eigenvalue weighted by Crippen LogP contribution is 2.32. The average molecular weight is 373 g/mol. The molecule has 1 aliphatic heterocycles. The molecule has 4 nitrogen and oxygen atoms in total. The van der Waals surface area contributed by atoms with Gasteiger partial charge in [0, 0.05) is 24.1 Å². The molecule has 0 spiro atoms. The molecule has 5 heteroatoms. The first-order chi connectivity index (χ1) is 12.2. The van der Waals surface area contributed by atoms with Crippen molar-refractivity contribution < 1.29 is 4.79 Å². The Morgan fingerprint density at radius 1 is 1.12 bits per heavy atom. The first-order valence-electron chi connectivity index (χ1n) is 9.02. The third kappa shape index (κ3) is 4.18. The van der Waals surface area contributed by atoms with Crippen LogP contribution in [0, 0.1) is 0 Å². The van der Waals surface area contributed by atoms with Crippen LogP contribution < -0.4 is 10.9 Å². The maximum absolute atomic E-state index is 12.0. The molecule has 0 radical (unpaired) electrons. The number of aromatic amines is 1. The van der Waals surface area contributed by atoms with Gasteiger partial charge in [-0.2, -0.15) is 0 Å². The zero-order valence-corrected chi connectivity index (χ0v) is 16.2. The summed E-state index contributed by atoms with van der Waals surface area (Å²) in [7, 11) is 0. The molecule has 1 amide bonds. The third-order valence-electron chi connectivity index (χ3n) is 5.04. The van der Waals surface area contributed by atoms with Gasteiger partial charge in [0.05, 0.1) is 0 Å². The molecule has 1 aromatic carbocycles. The fourth-order valence-corrected chi connectivity index (χ4v) is 3.58. The van der Waals surface area contributed by atoms with Crippen molar-refractivity contribution in [2.45, 2.75) is 57.4 Å². The van der Waals surface area contributed by atoms with Gasteiger partial charge in [0.15, 0.2) is 0 Å². The van der Waals surface area contributed by atoms with Gasteiger partial charge < -0.3 is 10.3 Å². The maximum atomic E-state index is 12.0. The number of nitrogens with one attached hydrogen (secondary N) is 2. The van der Waals surface area contributed by atoms with E-state index in [-0.39, 0.29) is 33.9 Å². The lowest BCUT2D eigenvalue weighted by Gasteiger charge is -2.24. The summed E-state index contributed by atoms with van der Waals surface area (Å²) in [5.41, 5.74) is 3.01. The van der Waals surface area contributed by atoms with Crippen molar-refractivity contribution in [1.82, 2.24) is 10.3 Å². The van der Waals surface area contributed by atoms with Crippen LogP contribution in [-0.4, -0.2) is 16.9 Å². The molecule has 1 fully saturated rings. The number of pyridine rings is 1. The second-order valence-corrected chi connectivity index (χ2v) is 8.46. The van der Waals surface area contributed by atoms with Crippen LogP contribution >= 0.6 is 11.6 Å². The van der Waals surface area contributed by atoms with Crippen LogP contribution in [0.5, 0.6) is 0 Å². The molecule has 1 unspecified atom stereocenters. The lowest BCUT2D eigenvalue weighted by molar-refractivity contribution is -0.119. The van der Waals surface area contributed by atoms with Gasteiger partial charge in [-0.05, 0) is 41.5 Å². The molecule has 26 heavy (non-hydrogen) atoms. The predicted octanol–water partition coefficient (Wildman–Crippen LogP) is 4.13. The minimum absolute atomic E-state index is 0.00242. The maximum Gasteiger partial charge on any atom is 0.266 e. The van der Waals surface area contributed by atoms with Crippen LogP contribution in [0.15, 0.2) is 41.2 Å². The molecule has 2 N–H and O–H groups in total. The van der Waals surface area contributed by atoms with E-state index in [2.05, 4.69) is 55.3 Å². The van der Waals surface area contributed by atoms with Crippen LogP contribution in [0.2, 0.25) is 5.02 Å². The van der Waals surface area contributed by atoms with E-state index in [1.165, 1.54) is 5.56 Å². The van der Waals surface area contributed by atoms with Gasteiger partial charge >= 0.3 is 0 Å². The number of halogens is 1. The Morgan fingerprint density at radius 2 is 1.81 bits per heavy atom. The molecule has 1 aromatic heterocycles. The van der Waals surface area contributed by atoms with Crippen LogP contribution in [0.4, 0.5) is 0 Å². The molecule has 2 heterocycles. The SMILES string of the molecule is CC(C)(C)c1ccc(C(C[C@H]2CCC(=O)N2)c2ccc(Cl)c(=O)[nH]2)cc1. The fraction of sp³-hybridized carbons (Fsp3) is 0.429. The molecule has 1 saturated heterocycles. The van der Waals surface area contributed by atoms with Gasteiger partial charge in [-0.15, -0.1) is 0 Å². The number of carbonyl (C=O) groups excluding carboxylic acids is 1. The Hall–Kier alpha value is -2.07. The number of aromatic nitrogens is 1. The lowest BCUT2D eigenvalue weighted by Crippen LogP contribution is -2.28. The Balaban J connectivity index is 1.95. The first kappa shape index (κ1) is 18.7. The van der Waals surface area contributed by atoms with Gasteiger partial charge in [0.2, 0.25) is 5.91 Å². The number of benzene rings is 1. The van der Waals surface area contributed by atoms with E-state index in [0.717, 1.165) is 24.1 Å². The summed E-state index contributed by atoms with van der Waals surface area (Å²) >= 11 is 5.89. The summed E-state index contributed by atoms with van der Waals surface area (Å²) in [5.74, 6) is 0.0961. The van der Waals surface area contributed by atoms with Crippen molar-refractivity contribution in [2.24, 2.45) is 0 Å². The van der Waals surface area contributed by atoms with Crippen LogP contribution in [-0.2, 0) is 10.2 Å². The molecule has 2 atom stereocenters. The Kier molecular flexibility index (Phi) is 5.24. The smallest absolute Gasteiger partial charge is 0.266 e. The van der Waals surface area contributed by atoms with Crippen molar-refractivity contribution in [2.75, 3.05) is 0 Å². The summed E-state index contributed by atoms with van der Waals surface area (Å²) in [6.45, 7) is 6.55. The fourth-order valence-electron chi connectivity index (χ4n) is 3.47. The Bertz CT molecular complexity index is 850. The normalized spacial score (nSPS) is 18.6. The van der Waals surface area contributed by atoms with Gasteiger partial charge in [-0.3, -0.25) is 9.59 Å². The van der Waals surface area contributed by atoms with E-state index in [0.29, 0.717) is 6.42 Å². The van der Waals surface area contributed by atoms with E-state index < -0.39 is 0 Å². The van der Waals surface area contributed by atoms with Crippen molar-refractivity contribution >= 4 is 17.5 Å². The predicted molar refractivity (Wildman–Crippen MR) is 105 cm³/mol. The van der Waals surface area contributed by atoms with Crippen molar-refractivity contribution in [3.63, 3.8) is 0 Å². The standard InChI is InChI=1S/C21H25ClN2O2/c1-21(2,3)14-6-4-13(5-7-14)16(12-15-8-11-19(25)23-15)18-10-9-17(22)20(26)24-18/h4-7,9-10,15-16H,8,11-12H2,1-3H3,(H,23,25)(H,24,26)/t15-,16?/m1/s1. The highest BCUT2D eigenvalue weighted by Gasteiger charge is 2.27. The van der Waals surface area contributed by atoms with Gasteiger partial charge in [-0.25, -0.2) is 0 Å². The zero-order chi connectivity index (χ0) is 18.9.